The molecule has 1 aromatic heterocycles. The van der Waals surface area contributed by atoms with Crippen LogP contribution in [0.4, 0.5) is 17.1 Å². The van der Waals surface area contributed by atoms with Crippen molar-refractivity contribution < 1.29 is 0 Å². The molecule has 0 saturated carbocycles. The van der Waals surface area contributed by atoms with Crippen LogP contribution in [-0.2, 0) is 5.41 Å². The van der Waals surface area contributed by atoms with Crippen molar-refractivity contribution in [2.75, 3.05) is 4.90 Å². The van der Waals surface area contributed by atoms with Crippen molar-refractivity contribution in [2.45, 2.75) is 5.41 Å². The number of hydrogen-bond acceptors (Lipinski definition) is 2. The Kier molecular flexibility index (Phi) is 8.44. The minimum Gasteiger partial charge on any atom is -0.310 e. The lowest BCUT2D eigenvalue weighted by Crippen LogP contribution is -2.25. The van der Waals surface area contributed by atoms with Gasteiger partial charge in [0.15, 0.2) is 0 Å². The topological polar surface area (TPSA) is 3.24 Å². The molecule has 1 atom stereocenters. The number of nitrogens with zero attached hydrogens (tertiary/aromatic N) is 1. The predicted octanol–water partition coefficient (Wildman–Crippen LogP) is 18.0. The third-order valence-electron chi connectivity index (χ3n) is 14.5. The molecule has 1 heterocycles. The standard InChI is InChI=1S/C65H41NS/c1-3-16-42(17-4-1)44-30-34-46(35-31-44)66(47-36-32-45(33-37-47)43-18-5-2-6-19-43)59-40-38-49(48-20-7-8-21-50(48)59)51-25-15-28-57-62(51)52-22-9-12-26-55(52)65(57)56-27-13-10-23-53(56)63-58(65)39-41-61-64(63)54-24-11-14-29-60(54)67-61/h1-41H. The maximum Gasteiger partial charge on any atom is 0.0726 e. The average Bonchev–Trinajstić information content (AvgIpc) is 4.04. The first-order chi connectivity index (χ1) is 33.3. The molecule has 2 aliphatic carbocycles. The Balaban J connectivity index is 0.977. The number of rotatable bonds is 6. The molecule has 0 bridgehead atoms. The van der Waals surface area contributed by atoms with Gasteiger partial charge in [-0.1, -0.05) is 206 Å². The first-order valence-corrected chi connectivity index (χ1v) is 24.0. The summed E-state index contributed by atoms with van der Waals surface area (Å²) >= 11 is 1.90. The van der Waals surface area contributed by atoms with Crippen molar-refractivity contribution in [1.82, 2.24) is 0 Å². The minimum absolute atomic E-state index is 0.463. The van der Waals surface area contributed by atoms with Crippen LogP contribution >= 0.6 is 11.3 Å². The summed E-state index contributed by atoms with van der Waals surface area (Å²) in [4.78, 5) is 2.43. The van der Waals surface area contributed by atoms with E-state index in [2.05, 4.69) is 254 Å². The highest BCUT2D eigenvalue weighted by molar-refractivity contribution is 7.26. The van der Waals surface area contributed by atoms with Crippen molar-refractivity contribution >= 4 is 59.3 Å². The average molecular weight is 868 g/mol. The van der Waals surface area contributed by atoms with E-state index in [1.165, 1.54) is 109 Å². The summed E-state index contributed by atoms with van der Waals surface area (Å²) in [6.07, 6.45) is 0. The zero-order valence-electron chi connectivity index (χ0n) is 36.5. The van der Waals surface area contributed by atoms with E-state index in [0.29, 0.717) is 0 Å². The first-order valence-electron chi connectivity index (χ1n) is 23.2. The van der Waals surface area contributed by atoms with E-state index in [1.54, 1.807) is 0 Å². The van der Waals surface area contributed by atoms with Gasteiger partial charge in [0.2, 0.25) is 0 Å². The van der Waals surface area contributed by atoms with Gasteiger partial charge in [-0.15, -0.1) is 11.3 Å². The Bertz CT molecular complexity index is 3820. The minimum atomic E-state index is -0.463. The number of thiophene rings is 1. The molecular weight excluding hydrogens is 827 g/mol. The predicted molar refractivity (Wildman–Crippen MR) is 284 cm³/mol. The SMILES string of the molecule is c1ccc(-c2ccc(N(c3ccc(-c4ccccc4)cc3)c3ccc(-c4cccc5c4-c4ccccc4C54c5ccccc5-c5c4ccc4sc6ccccc6c54)c4ccccc34)cc2)cc1. The molecule has 67 heavy (non-hydrogen) atoms. The van der Waals surface area contributed by atoms with Crippen LogP contribution in [-0.4, -0.2) is 0 Å². The Labute approximate surface area is 394 Å². The Morgan fingerprint density at radius 1 is 0.284 bits per heavy atom. The van der Waals surface area contributed by atoms with E-state index in [4.69, 9.17) is 0 Å². The van der Waals surface area contributed by atoms with Crippen LogP contribution in [0, 0.1) is 0 Å². The van der Waals surface area contributed by atoms with Gasteiger partial charge in [0.25, 0.3) is 0 Å². The smallest absolute Gasteiger partial charge is 0.0726 e. The zero-order chi connectivity index (χ0) is 44.1. The zero-order valence-corrected chi connectivity index (χ0v) is 37.3. The highest BCUT2D eigenvalue weighted by atomic mass is 32.1. The highest BCUT2D eigenvalue weighted by Crippen LogP contribution is 2.65. The Morgan fingerprint density at radius 2 is 0.776 bits per heavy atom. The molecule has 1 unspecified atom stereocenters. The normalized spacial score (nSPS) is 14.3. The third-order valence-corrected chi connectivity index (χ3v) is 15.7. The van der Waals surface area contributed by atoms with Crippen LogP contribution in [0.5, 0.6) is 0 Å². The molecule has 0 amide bonds. The summed E-state index contributed by atoms with van der Waals surface area (Å²) in [6.45, 7) is 0. The van der Waals surface area contributed by atoms with Crippen molar-refractivity contribution in [3.05, 3.63) is 271 Å². The van der Waals surface area contributed by atoms with Gasteiger partial charge in [0, 0.05) is 36.9 Å². The molecule has 0 fully saturated rings. The summed E-state index contributed by atoms with van der Waals surface area (Å²) in [7, 11) is 0. The third kappa shape index (κ3) is 5.54. The van der Waals surface area contributed by atoms with Crippen LogP contribution in [0.25, 0.3) is 86.6 Å². The molecule has 312 valence electrons. The molecule has 0 N–H and O–H groups in total. The Hall–Kier alpha value is -8.30. The summed E-state index contributed by atoms with van der Waals surface area (Å²) in [5.74, 6) is 0. The first kappa shape index (κ1) is 38.0. The molecule has 0 saturated heterocycles. The van der Waals surface area contributed by atoms with E-state index in [1.807, 2.05) is 11.3 Å². The molecule has 11 aromatic carbocycles. The highest BCUT2D eigenvalue weighted by Gasteiger charge is 2.52. The van der Waals surface area contributed by atoms with E-state index >= 15 is 0 Å². The molecule has 12 aromatic rings. The second kappa shape index (κ2) is 14.9. The van der Waals surface area contributed by atoms with E-state index in [0.717, 1.165) is 17.1 Å². The van der Waals surface area contributed by atoms with Crippen molar-refractivity contribution in [2.24, 2.45) is 0 Å². The maximum absolute atomic E-state index is 2.45. The molecule has 0 radical (unpaired) electrons. The van der Waals surface area contributed by atoms with Crippen LogP contribution < -0.4 is 4.90 Å². The molecule has 1 nitrogen and oxygen atoms in total. The van der Waals surface area contributed by atoms with E-state index in [9.17, 15) is 0 Å². The van der Waals surface area contributed by atoms with E-state index in [-0.39, 0.29) is 0 Å². The largest absolute Gasteiger partial charge is 0.310 e. The van der Waals surface area contributed by atoms with Crippen LogP contribution in [0.15, 0.2) is 249 Å². The van der Waals surface area contributed by atoms with Crippen LogP contribution in [0.3, 0.4) is 0 Å². The fraction of sp³-hybridized carbons (Fsp3) is 0.0154. The summed E-state index contributed by atoms with van der Waals surface area (Å²) in [6, 6.07) is 92.3. The fourth-order valence-corrected chi connectivity index (χ4v) is 12.8. The number of benzene rings is 11. The second-order valence-electron chi connectivity index (χ2n) is 17.9. The van der Waals surface area contributed by atoms with Crippen molar-refractivity contribution in [3.8, 4) is 55.6 Å². The number of hydrogen-bond donors (Lipinski definition) is 0. The molecule has 2 heteroatoms. The summed E-state index contributed by atoms with van der Waals surface area (Å²) in [5, 5.41) is 5.13. The Morgan fingerprint density at radius 3 is 1.43 bits per heavy atom. The van der Waals surface area contributed by atoms with Gasteiger partial charge in [-0.05, 0) is 126 Å². The van der Waals surface area contributed by atoms with Gasteiger partial charge in [0.05, 0.1) is 11.1 Å². The second-order valence-corrected chi connectivity index (χ2v) is 19.0. The summed E-state index contributed by atoms with van der Waals surface area (Å²) in [5.41, 5.74) is 20.9. The molecule has 14 rings (SSSR count). The van der Waals surface area contributed by atoms with Gasteiger partial charge in [0.1, 0.15) is 0 Å². The lowest BCUT2D eigenvalue weighted by atomic mass is 9.70. The monoisotopic (exact) mass is 867 g/mol. The number of fused-ring (bicyclic) bond motifs is 15. The molecular formula is C65H41NS. The fourth-order valence-electron chi connectivity index (χ4n) is 11.7. The van der Waals surface area contributed by atoms with Gasteiger partial charge in [-0.3, -0.25) is 0 Å². The van der Waals surface area contributed by atoms with Gasteiger partial charge >= 0.3 is 0 Å². The lowest BCUT2D eigenvalue weighted by molar-refractivity contribution is 0.794. The van der Waals surface area contributed by atoms with Gasteiger partial charge in [-0.2, -0.15) is 0 Å². The quantitative estimate of drug-likeness (QED) is 0.161. The molecule has 0 aliphatic heterocycles. The van der Waals surface area contributed by atoms with Crippen molar-refractivity contribution in [3.63, 3.8) is 0 Å². The van der Waals surface area contributed by atoms with Crippen molar-refractivity contribution in [1.29, 1.82) is 0 Å². The van der Waals surface area contributed by atoms with Gasteiger partial charge in [-0.25, -0.2) is 0 Å². The summed E-state index contributed by atoms with van der Waals surface area (Å²) < 4.78 is 2.67. The maximum atomic E-state index is 2.45. The van der Waals surface area contributed by atoms with E-state index < -0.39 is 5.41 Å². The molecule has 1 spiro atoms. The lowest BCUT2D eigenvalue weighted by Gasteiger charge is -2.30. The molecule has 2 aliphatic rings. The van der Waals surface area contributed by atoms with Gasteiger partial charge < -0.3 is 4.90 Å². The number of anilines is 3. The van der Waals surface area contributed by atoms with Crippen LogP contribution in [0.2, 0.25) is 0 Å². The van der Waals surface area contributed by atoms with Crippen LogP contribution in [0.1, 0.15) is 22.3 Å².